The molecule has 4 heteroatoms. The molecule has 4 aliphatic carbocycles. The fourth-order valence-corrected chi connectivity index (χ4v) is 9.78. The number of carboxylic acid groups (broad SMARTS) is 1. The molecule has 0 aliphatic heterocycles. The third-order valence-corrected chi connectivity index (χ3v) is 11.6. The molecule has 198 valence electrons. The van der Waals surface area contributed by atoms with E-state index < -0.39 is 5.97 Å². The monoisotopic (exact) mass is 485 g/mol. The van der Waals surface area contributed by atoms with E-state index in [0.29, 0.717) is 24.2 Å². The van der Waals surface area contributed by atoms with E-state index in [0.717, 1.165) is 41.7 Å². The molecule has 0 aromatic heterocycles. The number of allylic oxidation sites excluding steroid dienone is 2. The van der Waals surface area contributed by atoms with Crippen LogP contribution in [0.4, 0.5) is 0 Å². The van der Waals surface area contributed by atoms with Crippen LogP contribution >= 0.6 is 0 Å². The van der Waals surface area contributed by atoms with Crippen LogP contribution in [0.1, 0.15) is 119 Å². The predicted octanol–water partition coefficient (Wildman–Crippen LogP) is 8.34. The van der Waals surface area contributed by atoms with E-state index in [1.165, 1.54) is 56.9 Å². The Hall–Kier alpha value is -1.32. The van der Waals surface area contributed by atoms with Crippen LogP contribution in [0.2, 0.25) is 0 Å². The van der Waals surface area contributed by atoms with Crippen LogP contribution in [0.5, 0.6) is 0 Å². The number of hydrogen-bond donors (Lipinski definition) is 2. The molecule has 0 saturated heterocycles. The molecule has 8 atom stereocenters. The number of rotatable bonds is 8. The topological polar surface area (TPSA) is 69.9 Å². The normalized spacial score (nSPS) is 42.8. The van der Waals surface area contributed by atoms with E-state index in [1.54, 1.807) is 0 Å². The van der Waals surface area contributed by atoms with Gasteiger partial charge in [0, 0.05) is 18.3 Å². The first-order valence-electron chi connectivity index (χ1n) is 14.6. The van der Waals surface area contributed by atoms with Crippen LogP contribution in [0.25, 0.3) is 0 Å². The number of hydrogen-bond acceptors (Lipinski definition) is 3. The standard InChI is InChI=1S/C31H51NO3/c1-20(2)8-7-9-21(3)24-12-13-25-23-11-10-22-18-27(32-35)29(4,16-15-28(33)34)19-31(22,6)26(23)14-17-30(24,25)5/h10,20-21,23-26,35H,7-9,11-19H2,1-6H3,(H,33,34)/b32-27-/t21-,23+,24?,25+,26+,29-,30-,31+/m1/s1. The van der Waals surface area contributed by atoms with Gasteiger partial charge in [0.1, 0.15) is 0 Å². The summed E-state index contributed by atoms with van der Waals surface area (Å²) in [5, 5.41) is 22.9. The summed E-state index contributed by atoms with van der Waals surface area (Å²) in [5.74, 6) is 3.95. The van der Waals surface area contributed by atoms with Crippen LogP contribution in [-0.2, 0) is 4.79 Å². The molecule has 0 bridgehead atoms. The van der Waals surface area contributed by atoms with Crippen LogP contribution in [0, 0.1) is 51.8 Å². The summed E-state index contributed by atoms with van der Waals surface area (Å²) in [7, 11) is 0. The highest BCUT2D eigenvalue weighted by Crippen LogP contribution is 2.68. The van der Waals surface area contributed by atoms with Gasteiger partial charge in [0.05, 0.1) is 5.71 Å². The van der Waals surface area contributed by atoms with Crippen LogP contribution < -0.4 is 0 Å². The lowest BCUT2D eigenvalue weighted by molar-refractivity contribution is -0.137. The van der Waals surface area contributed by atoms with Gasteiger partial charge in [0.15, 0.2) is 0 Å². The van der Waals surface area contributed by atoms with Crippen molar-refractivity contribution >= 4 is 11.7 Å². The van der Waals surface area contributed by atoms with Gasteiger partial charge in [0.25, 0.3) is 0 Å². The van der Waals surface area contributed by atoms with Gasteiger partial charge in [0.2, 0.25) is 0 Å². The van der Waals surface area contributed by atoms with Crippen LogP contribution in [0.3, 0.4) is 0 Å². The average molecular weight is 486 g/mol. The molecule has 0 heterocycles. The highest BCUT2D eigenvalue weighted by Gasteiger charge is 2.60. The van der Waals surface area contributed by atoms with E-state index in [2.05, 4.69) is 52.8 Å². The summed E-state index contributed by atoms with van der Waals surface area (Å²) in [6.45, 7) is 14.5. The number of oxime groups is 1. The summed E-state index contributed by atoms with van der Waals surface area (Å²) in [6, 6.07) is 0. The summed E-state index contributed by atoms with van der Waals surface area (Å²) in [4.78, 5) is 11.4. The highest BCUT2D eigenvalue weighted by atomic mass is 16.4. The lowest BCUT2D eigenvalue weighted by Crippen LogP contribution is -2.53. The van der Waals surface area contributed by atoms with Crippen molar-refractivity contribution in [1.29, 1.82) is 0 Å². The maximum Gasteiger partial charge on any atom is 0.303 e. The lowest BCUT2D eigenvalue weighted by Gasteiger charge is -2.60. The van der Waals surface area contributed by atoms with Gasteiger partial charge in [-0.05, 0) is 91.3 Å². The molecular formula is C31H51NO3. The average Bonchev–Trinajstić information content (AvgIpc) is 3.14. The Morgan fingerprint density at radius 3 is 2.51 bits per heavy atom. The first kappa shape index (κ1) is 26.7. The molecule has 4 nitrogen and oxygen atoms in total. The van der Waals surface area contributed by atoms with Crippen molar-refractivity contribution in [2.75, 3.05) is 0 Å². The second kappa shape index (κ2) is 9.86. The van der Waals surface area contributed by atoms with E-state index >= 15 is 0 Å². The summed E-state index contributed by atoms with van der Waals surface area (Å²) in [6.07, 6.45) is 15.5. The van der Waals surface area contributed by atoms with Crippen molar-refractivity contribution in [2.45, 2.75) is 119 Å². The fraction of sp³-hybridized carbons (Fsp3) is 0.871. The number of nitrogens with zero attached hydrogens (tertiary/aromatic N) is 1. The molecule has 0 spiro atoms. The molecule has 0 radical (unpaired) electrons. The number of fused-ring (bicyclic) bond motifs is 5. The van der Waals surface area contributed by atoms with E-state index in [4.69, 9.17) is 0 Å². The van der Waals surface area contributed by atoms with Crippen LogP contribution in [0.15, 0.2) is 16.8 Å². The minimum Gasteiger partial charge on any atom is -0.481 e. The van der Waals surface area contributed by atoms with Crippen LogP contribution in [-0.4, -0.2) is 22.0 Å². The Balaban J connectivity index is 1.55. The second-order valence-corrected chi connectivity index (χ2v) is 14.1. The Morgan fingerprint density at radius 1 is 1.11 bits per heavy atom. The van der Waals surface area contributed by atoms with Crippen molar-refractivity contribution in [3.8, 4) is 0 Å². The molecule has 4 aliphatic rings. The van der Waals surface area contributed by atoms with E-state index in [1.807, 2.05) is 0 Å². The van der Waals surface area contributed by atoms with Crippen molar-refractivity contribution in [1.82, 2.24) is 0 Å². The maximum absolute atomic E-state index is 11.4. The van der Waals surface area contributed by atoms with Crippen molar-refractivity contribution in [2.24, 2.45) is 56.9 Å². The van der Waals surface area contributed by atoms with Crippen molar-refractivity contribution in [3.05, 3.63) is 11.6 Å². The zero-order valence-corrected chi connectivity index (χ0v) is 23.3. The molecule has 1 unspecified atom stereocenters. The molecule has 35 heavy (non-hydrogen) atoms. The van der Waals surface area contributed by atoms with Gasteiger partial charge >= 0.3 is 5.97 Å². The number of carboxylic acids is 1. The lowest BCUT2D eigenvalue weighted by atomic mass is 9.44. The Kier molecular flexibility index (Phi) is 7.53. The van der Waals surface area contributed by atoms with Gasteiger partial charge < -0.3 is 10.3 Å². The third-order valence-electron chi connectivity index (χ3n) is 11.6. The molecule has 0 aromatic carbocycles. The molecule has 3 fully saturated rings. The minimum atomic E-state index is -0.760. The predicted molar refractivity (Wildman–Crippen MR) is 143 cm³/mol. The van der Waals surface area contributed by atoms with Gasteiger partial charge in [-0.2, -0.15) is 0 Å². The SMILES string of the molecule is CC(C)CCC[C@@H](C)C1CC[C@H]2[C@@H]3CC=C4C/C(=N/O)[C@](C)(CCC(=O)O)C[C@]4(C)[C@H]3CC[C@]12C. The minimum absolute atomic E-state index is 0.0899. The quantitative estimate of drug-likeness (QED) is 0.206. The molecular weight excluding hydrogens is 434 g/mol. The van der Waals surface area contributed by atoms with Gasteiger partial charge in [-0.25, -0.2) is 0 Å². The molecule has 0 amide bonds. The highest BCUT2D eigenvalue weighted by molar-refractivity contribution is 5.93. The van der Waals surface area contributed by atoms with E-state index in [-0.39, 0.29) is 17.3 Å². The molecule has 3 saturated carbocycles. The molecule has 4 rings (SSSR count). The Labute approximate surface area is 214 Å². The second-order valence-electron chi connectivity index (χ2n) is 14.1. The van der Waals surface area contributed by atoms with E-state index in [9.17, 15) is 15.1 Å². The number of carbonyl (C=O) groups is 1. The Morgan fingerprint density at radius 2 is 1.86 bits per heavy atom. The first-order valence-corrected chi connectivity index (χ1v) is 14.6. The smallest absolute Gasteiger partial charge is 0.303 e. The third kappa shape index (κ3) is 4.73. The molecule has 2 N–H and O–H groups in total. The van der Waals surface area contributed by atoms with Gasteiger partial charge in [-0.3, -0.25) is 4.79 Å². The number of aliphatic carboxylic acids is 1. The van der Waals surface area contributed by atoms with Crippen molar-refractivity contribution in [3.63, 3.8) is 0 Å². The zero-order valence-electron chi connectivity index (χ0n) is 23.3. The Bertz CT molecular complexity index is 861. The summed E-state index contributed by atoms with van der Waals surface area (Å²) in [5.41, 5.74) is 2.47. The summed E-state index contributed by atoms with van der Waals surface area (Å²) < 4.78 is 0. The maximum atomic E-state index is 11.4. The van der Waals surface area contributed by atoms with Gasteiger partial charge in [-0.15, -0.1) is 0 Å². The molecule has 0 aromatic rings. The van der Waals surface area contributed by atoms with Crippen molar-refractivity contribution < 1.29 is 15.1 Å². The summed E-state index contributed by atoms with van der Waals surface area (Å²) >= 11 is 0. The largest absolute Gasteiger partial charge is 0.481 e. The van der Waals surface area contributed by atoms with Gasteiger partial charge in [-0.1, -0.05) is 77.6 Å². The first-order chi connectivity index (χ1) is 16.4. The fourth-order valence-electron chi connectivity index (χ4n) is 9.78. The zero-order chi connectivity index (χ0) is 25.6.